The van der Waals surface area contributed by atoms with Crippen molar-refractivity contribution in [1.82, 2.24) is 5.32 Å². The zero-order chi connectivity index (χ0) is 12.7. The zero-order valence-corrected chi connectivity index (χ0v) is 11.4. The lowest BCUT2D eigenvalue weighted by atomic mass is 9.79. The minimum atomic E-state index is -0.316. The van der Waals surface area contributed by atoms with Crippen LogP contribution in [-0.2, 0) is 4.79 Å². The van der Waals surface area contributed by atoms with Crippen molar-refractivity contribution in [1.29, 1.82) is 0 Å². The fraction of sp³-hybridized carbons (Fsp3) is 0.929. The summed E-state index contributed by atoms with van der Waals surface area (Å²) in [5.41, 5.74) is 5.76. The van der Waals surface area contributed by atoms with Gasteiger partial charge in [-0.05, 0) is 24.7 Å². The lowest BCUT2D eigenvalue weighted by molar-refractivity contribution is -0.122. The molecule has 3 unspecified atom stereocenters. The van der Waals surface area contributed by atoms with Gasteiger partial charge in [-0.3, -0.25) is 4.79 Å². The Kier molecular flexibility index (Phi) is 6.56. The Hall–Kier alpha value is -0.570. The molecule has 3 N–H and O–H groups in total. The average Bonchev–Trinajstić information content (AvgIpc) is 2.31. The van der Waals surface area contributed by atoms with E-state index in [1.54, 1.807) is 0 Å². The summed E-state index contributed by atoms with van der Waals surface area (Å²) in [6, 6.07) is -0.316. The first-order valence-electron chi connectivity index (χ1n) is 7.18. The first-order valence-corrected chi connectivity index (χ1v) is 7.18. The molecular weight excluding hydrogens is 212 g/mol. The van der Waals surface area contributed by atoms with Gasteiger partial charge in [0.15, 0.2) is 0 Å². The third-order valence-electron chi connectivity index (χ3n) is 4.04. The van der Waals surface area contributed by atoms with Gasteiger partial charge in [0, 0.05) is 6.54 Å². The van der Waals surface area contributed by atoms with Gasteiger partial charge in [0.05, 0.1) is 6.04 Å². The number of nitrogens with two attached hydrogens (primary N) is 1. The number of amides is 1. The molecule has 1 saturated carbocycles. The van der Waals surface area contributed by atoms with Crippen LogP contribution in [0, 0.1) is 11.8 Å². The standard InChI is InChI=1S/C14H28N2O/c1-3-6-13(15)14(17)16-10-9-12-8-5-4-7-11(12)2/h11-13H,3-10,15H2,1-2H3,(H,16,17). The molecule has 0 bridgehead atoms. The summed E-state index contributed by atoms with van der Waals surface area (Å²) in [6.07, 6.45) is 8.29. The van der Waals surface area contributed by atoms with Crippen molar-refractivity contribution in [2.45, 2.75) is 64.8 Å². The summed E-state index contributed by atoms with van der Waals surface area (Å²) in [6.45, 7) is 5.19. The van der Waals surface area contributed by atoms with E-state index in [4.69, 9.17) is 5.73 Å². The van der Waals surface area contributed by atoms with Gasteiger partial charge >= 0.3 is 0 Å². The van der Waals surface area contributed by atoms with Crippen LogP contribution in [0.2, 0.25) is 0 Å². The predicted octanol–water partition coefficient (Wildman–Crippen LogP) is 2.45. The molecule has 0 saturated heterocycles. The Balaban J connectivity index is 2.16. The lowest BCUT2D eigenvalue weighted by Crippen LogP contribution is -2.41. The topological polar surface area (TPSA) is 55.1 Å². The Bertz CT molecular complexity index is 230. The number of nitrogens with one attached hydrogen (secondary N) is 1. The minimum Gasteiger partial charge on any atom is -0.355 e. The first-order chi connectivity index (χ1) is 8.15. The summed E-state index contributed by atoms with van der Waals surface area (Å²) < 4.78 is 0. The van der Waals surface area contributed by atoms with E-state index < -0.39 is 0 Å². The van der Waals surface area contributed by atoms with Gasteiger partial charge in [0.25, 0.3) is 0 Å². The van der Waals surface area contributed by atoms with Crippen LogP contribution in [0.3, 0.4) is 0 Å². The molecule has 0 heterocycles. The van der Waals surface area contributed by atoms with Crippen LogP contribution in [0.4, 0.5) is 0 Å². The highest BCUT2D eigenvalue weighted by atomic mass is 16.2. The second kappa shape index (κ2) is 7.70. The maximum Gasteiger partial charge on any atom is 0.236 e. The van der Waals surface area contributed by atoms with Crippen molar-refractivity contribution >= 4 is 5.91 Å². The Morgan fingerprint density at radius 3 is 2.76 bits per heavy atom. The van der Waals surface area contributed by atoms with E-state index in [0.717, 1.165) is 37.6 Å². The molecule has 0 aromatic carbocycles. The van der Waals surface area contributed by atoms with Crippen LogP contribution in [0.15, 0.2) is 0 Å². The highest BCUT2D eigenvalue weighted by molar-refractivity contribution is 5.81. The smallest absolute Gasteiger partial charge is 0.236 e. The largest absolute Gasteiger partial charge is 0.355 e. The average molecular weight is 240 g/mol. The molecule has 0 radical (unpaired) electrons. The van der Waals surface area contributed by atoms with E-state index in [2.05, 4.69) is 19.2 Å². The quantitative estimate of drug-likeness (QED) is 0.749. The number of carbonyl (C=O) groups excluding carboxylic acids is 1. The Morgan fingerprint density at radius 2 is 2.12 bits per heavy atom. The first kappa shape index (κ1) is 14.5. The molecule has 1 fully saturated rings. The molecule has 1 aliphatic rings. The molecule has 0 aliphatic heterocycles. The third kappa shape index (κ3) is 5.07. The summed E-state index contributed by atoms with van der Waals surface area (Å²) in [5, 5.41) is 2.97. The van der Waals surface area contributed by atoms with Crippen LogP contribution in [-0.4, -0.2) is 18.5 Å². The van der Waals surface area contributed by atoms with Crippen molar-refractivity contribution in [2.24, 2.45) is 17.6 Å². The minimum absolute atomic E-state index is 0.0234. The van der Waals surface area contributed by atoms with E-state index >= 15 is 0 Å². The number of hydrogen-bond donors (Lipinski definition) is 2. The molecule has 3 heteroatoms. The molecule has 3 nitrogen and oxygen atoms in total. The molecule has 1 amide bonds. The molecule has 17 heavy (non-hydrogen) atoms. The molecule has 0 aromatic rings. The van der Waals surface area contributed by atoms with Crippen molar-refractivity contribution in [3.05, 3.63) is 0 Å². The van der Waals surface area contributed by atoms with Gasteiger partial charge in [0.2, 0.25) is 5.91 Å². The van der Waals surface area contributed by atoms with Crippen molar-refractivity contribution < 1.29 is 4.79 Å². The van der Waals surface area contributed by atoms with Gasteiger partial charge in [-0.25, -0.2) is 0 Å². The maximum atomic E-state index is 11.6. The van der Waals surface area contributed by atoms with Gasteiger partial charge in [-0.1, -0.05) is 46.0 Å². The molecule has 100 valence electrons. The van der Waals surface area contributed by atoms with E-state index in [9.17, 15) is 4.79 Å². The lowest BCUT2D eigenvalue weighted by Gasteiger charge is -2.28. The molecule has 3 atom stereocenters. The molecule has 1 rings (SSSR count). The van der Waals surface area contributed by atoms with Gasteiger partial charge in [-0.15, -0.1) is 0 Å². The van der Waals surface area contributed by atoms with Crippen molar-refractivity contribution in [3.8, 4) is 0 Å². The number of rotatable bonds is 6. The van der Waals surface area contributed by atoms with Crippen molar-refractivity contribution in [2.75, 3.05) is 6.54 Å². The van der Waals surface area contributed by atoms with Crippen LogP contribution < -0.4 is 11.1 Å². The number of hydrogen-bond acceptors (Lipinski definition) is 2. The van der Waals surface area contributed by atoms with E-state index in [1.807, 2.05) is 0 Å². The van der Waals surface area contributed by atoms with Crippen LogP contribution in [0.5, 0.6) is 0 Å². The van der Waals surface area contributed by atoms with Crippen LogP contribution in [0.1, 0.15) is 58.8 Å². The predicted molar refractivity (Wildman–Crippen MR) is 71.6 cm³/mol. The van der Waals surface area contributed by atoms with Crippen LogP contribution in [0.25, 0.3) is 0 Å². The van der Waals surface area contributed by atoms with Crippen molar-refractivity contribution in [3.63, 3.8) is 0 Å². The molecule has 0 aromatic heterocycles. The molecule has 1 aliphatic carbocycles. The van der Waals surface area contributed by atoms with Gasteiger partial charge in [0.1, 0.15) is 0 Å². The zero-order valence-electron chi connectivity index (χ0n) is 11.4. The third-order valence-corrected chi connectivity index (χ3v) is 4.04. The monoisotopic (exact) mass is 240 g/mol. The highest BCUT2D eigenvalue weighted by Crippen LogP contribution is 2.31. The van der Waals surface area contributed by atoms with Gasteiger partial charge in [-0.2, -0.15) is 0 Å². The van der Waals surface area contributed by atoms with E-state index in [1.165, 1.54) is 25.7 Å². The Morgan fingerprint density at radius 1 is 1.41 bits per heavy atom. The Labute approximate surface area is 106 Å². The summed E-state index contributed by atoms with van der Waals surface area (Å²) in [7, 11) is 0. The summed E-state index contributed by atoms with van der Waals surface area (Å²) in [5.74, 6) is 1.65. The summed E-state index contributed by atoms with van der Waals surface area (Å²) in [4.78, 5) is 11.6. The number of carbonyl (C=O) groups is 1. The molecule has 0 spiro atoms. The fourth-order valence-electron chi connectivity index (χ4n) is 2.78. The van der Waals surface area contributed by atoms with Gasteiger partial charge < -0.3 is 11.1 Å². The van der Waals surface area contributed by atoms with E-state index in [0.29, 0.717) is 0 Å². The van der Waals surface area contributed by atoms with E-state index in [-0.39, 0.29) is 11.9 Å². The summed E-state index contributed by atoms with van der Waals surface area (Å²) >= 11 is 0. The van der Waals surface area contributed by atoms with Crippen LogP contribution >= 0.6 is 0 Å². The molecular formula is C14H28N2O. The highest BCUT2D eigenvalue weighted by Gasteiger charge is 2.21. The SMILES string of the molecule is CCCC(N)C(=O)NCCC1CCCCC1C. The normalized spacial score (nSPS) is 26.5. The second-order valence-corrected chi connectivity index (χ2v) is 5.50. The second-order valence-electron chi connectivity index (χ2n) is 5.50. The fourth-order valence-corrected chi connectivity index (χ4v) is 2.78. The maximum absolute atomic E-state index is 11.6.